The fourth-order valence-electron chi connectivity index (χ4n) is 1.36. The third-order valence-corrected chi connectivity index (χ3v) is 2.97. The summed E-state index contributed by atoms with van der Waals surface area (Å²) in [4.78, 5) is 8.76. The Hall–Kier alpha value is -1.42. The van der Waals surface area contributed by atoms with Crippen LogP contribution in [-0.2, 0) is 6.42 Å². The average molecular weight is 219 g/mol. The second-order valence-electron chi connectivity index (χ2n) is 3.37. The highest BCUT2D eigenvalue weighted by Gasteiger charge is 2.05. The molecular formula is C11H13N3S. The van der Waals surface area contributed by atoms with Gasteiger partial charge in [0.1, 0.15) is 10.7 Å². The molecule has 0 bridgehead atoms. The summed E-state index contributed by atoms with van der Waals surface area (Å²) in [5.41, 5.74) is 8.43. The molecule has 0 spiro atoms. The number of anilines is 1. The largest absolute Gasteiger partial charge is 0.399 e. The van der Waals surface area contributed by atoms with Crippen molar-refractivity contribution >= 4 is 17.0 Å². The molecule has 0 aliphatic rings. The van der Waals surface area contributed by atoms with Gasteiger partial charge in [-0.1, -0.05) is 13.3 Å². The zero-order valence-corrected chi connectivity index (χ0v) is 9.42. The van der Waals surface area contributed by atoms with Crippen LogP contribution in [0, 0.1) is 0 Å². The van der Waals surface area contributed by atoms with E-state index in [1.54, 1.807) is 23.6 Å². The van der Waals surface area contributed by atoms with Crippen LogP contribution in [0.5, 0.6) is 0 Å². The van der Waals surface area contributed by atoms with Crippen molar-refractivity contribution in [2.24, 2.45) is 0 Å². The summed E-state index contributed by atoms with van der Waals surface area (Å²) in [5.74, 6) is 0. The van der Waals surface area contributed by atoms with Gasteiger partial charge in [0.25, 0.3) is 0 Å². The minimum atomic E-state index is 0.729. The van der Waals surface area contributed by atoms with Crippen molar-refractivity contribution in [1.82, 2.24) is 9.97 Å². The predicted molar refractivity (Wildman–Crippen MR) is 63.8 cm³/mol. The molecule has 0 saturated heterocycles. The van der Waals surface area contributed by atoms with Crippen LogP contribution in [0.25, 0.3) is 10.7 Å². The van der Waals surface area contributed by atoms with Crippen LogP contribution in [0.3, 0.4) is 0 Å². The molecule has 0 aromatic carbocycles. The minimum absolute atomic E-state index is 0.729. The van der Waals surface area contributed by atoms with Gasteiger partial charge in [0.15, 0.2) is 0 Å². The zero-order chi connectivity index (χ0) is 10.7. The number of aromatic nitrogens is 2. The summed E-state index contributed by atoms with van der Waals surface area (Å²) in [6.45, 7) is 2.15. The van der Waals surface area contributed by atoms with Gasteiger partial charge < -0.3 is 5.73 Å². The normalized spacial score (nSPS) is 10.5. The molecule has 0 unspecified atom stereocenters. The molecule has 2 aromatic rings. The van der Waals surface area contributed by atoms with Gasteiger partial charge in [-0.15, -0.1) is 11.3 Å². The first-order valence-corrected chi connectivity index (χ1v) is 5.84. The van der Waals surface area contributed by atoms with Crippen molar-refractivity contribution in [3.8, 4) is 10.7 Å². The molecule has 78 valence electrons. The Morgan fingerprint density at radius 3 is 3.07 bits per heavy atom. The van der Waals surface area contributed by atoms with E-state index in [2.05, 4.69) is 22.3 Å². The summed E-state index contributed by atoms with van der Waals surface area (Å²) < 4.78 is 0. The minimum Gasteiger partial charge on any atom is -0.399 e. The fraction of sp³-hybridized carbons (Fsp3) is 0.273. The highest BCUT2D eigenvalue weighted by atomic mass is 32.1. The number of nitrogen functional groups attached to an aromatic ring is 1. The summed E-state index contributed by atoms with van der Waals surface area (Å²) in [6, 6.07) is 3.64. The average Bonchev–Trinajstić information content (AvgIpc) is 2.67. The smallest absolute Gasteiger partial charge is 0.142 e. The Labute approximate surface area is 93.0 Å². The summed E-state index contributed by atoms with van der Waals surface area (Å²) >= 11 is 1.62. The molecule has 2 aromatic heterocycles. The molecule has 0 atom stereocenters. The first-order chi connectivity index (χ1) is 7.29. The molecule has 4 heteroatoms. The number of pyridine rings is 1. The highest BCUT2D eigenvalue weighted by molar-refractivity contribution is 7.13. The van der Waals surface area contributed by atoms with E-state index in [0.717, 1.165) is 34.9 Å². The Bertz CT molecular complexity index is 451. The summed E-state index contributed by atoms with van der Waals surface area (Å²) in [5, 5.41) is 3.04. The van der Waals surface area contributed by atoms with Crippen molar-refractivity contribution in [2.45, 2.75) is 19.8 Å². The van der Waals surface area contributed by atoms with Gasteiger partial charge in [-0.25, -0.2) is 4.98 Å². The molecule has 2 heterocycles. The van der Waals surface area contributed by atoms with E-state index in [1.165, 1.54) is 0 Å². The second kappa shape index (κ2) is 4.40. The van der Waals surface area contributed by atoms with E-state index >= 15 is 0 Å². The van der Waals surface area contributed by atoms with Crippen LogP contribution < -0.4 is 5.73 Å². The van der Waals surface area contributed by atoms with Gasteiger partial charge in [-0.3, -0.25) is 4.98 Å². The molecule has 0 aliphatic heterocycles. The van der Waals surface area contributed by atoms with Crippen LogP contribution in [0.4, 0.5) is 5.69 Å². The van der Waals surface area contributed by atoms with E-state index in [1.807, 2.05) is 6.07 Å². The monoisotopic (exact) mass is 219 g/mol. The van der Waals surface area contributed by atoms with Gasteiger partial charge in [0.2, 0.25) is 0 Å². The molecule has 0 aliphatic carbocycles. The summed E-state index contributed by atoms with van der Waals surface area (Å²) in [6.07, 6.45) is 3.86. The molecule has 0 fully saturated rings. The standard InChI is InChI=1S/C11H13N3S/c1-2-3-9-7-15-11(14-9)10-6-8(12)4-5-13-10/h4-7H,2-3H2,1H3,(H2,12,13). The Kier molecular flexibility index (Phi) is 2.97. The SMILES string of the molecule is CCCc1csc(-c2cc(N)ccn2)n1. The quantitative estimate of drug-likeness (QED) is 0.863. The number of nitrogens with zero attached hydrogens (tertiary/aromatic N) is 2. The van der Waals surface area contributed by atoms with Crippen LogP contribution >= 0.6 is 11.3 Å². The number of thiazole rings is 1. The number of hydrogen-bond acceptors (Lipinski definition) is 4. The highest BCUT2D eigenvalue weighted by Crippen LogP contribution is 2.23. The second-order valence-corrected chi connectivity index (χ2v) is 4.23. The number of rotatable bonds is 3. The third kappa shape index (κ3) is 2.33. The van der Waals surface area contributed by atoms with Crippen molar-refractivity contribution in [3.05, 3.63) is 29.4 Å². The first-order valence-electron chi connectivity index (χ1n) is 4.96. The van der Waals surface area contributed by atoms with Gasteiger partial charge in [-0.2, -0.15) is 0 Å². The topological polar surface area (TPSA) is 51.8 Å². The molecule has 15 heavy (non-hydrogen) atoms. The third-order valence-electron chi connectivity index (χ3n) is 2.06. The number of nitrogens with two attached hydrogens (primary N) is 1. The predicted octanol–water partition coefficient (Wildman–Crippen LogP) is 2.74. The van der Waals surface area contributed by atoms with Crippen LogP contribution in [0.1, 0.15) is 19.0 Å². The van der Waals surface area contributed by atoms with Crippen molar-refractivity contribution in [3.63, 3.8) is 0 Å². The van der Waals surface area contributed by atoms with Crippen molar-refractivity contribution in [2.75, 3.05) is 5.73 Å². The molecule has 2 N–H and O–H groups in total. The van der Waals surface area contributed by atoms with Gasteiger partial charge in [0.05, 0.1) is 5.69 Å². The molecule has 0 amide bonds. The Balaban J connectivity index is 2.29. The van der Waals surface area contributed by atoms with E-state index in [-0.39, 0.29) is 0 Å². The van der Waals surface area contributed by atoms with E-state index < -0.39 is 0 Å². The Morgan fingerprint density at radius 2 is 2.33 bits per heavy atom. The number of hydrogen-bond donors (Lipinski definition) is 1. The molecule has 3 nitrogen and oxygen atoms in total. The molecule has 0 radical (unpaired) electrons. The molecule has 0 saturated carbocycles. The molecule has 2 rings (SSSR count). The first kappa shape index (κ1) is 10.1. The van der Waals surface area contributed by atoms with E-state index in [0.29, 0.717) is 0 Å². The maximum absolute atomic E-state index is 5.70. The number of aryl methyl sites for hydroxylation is 1. The van der Waals surface area contributed by atoms with E-state index in [4.69, 9.17) is 5.73 Å². The zero-order valence-electron chi connectivity index (χ0n) is 8.60. The van der Waals surface area contributed by atoms with Crippen LogP contribution in [0.2, 0.25) is 0 Å². The lowest BCUT2D eigenvalue weighted by atomic mass is 10.3. The lowest BCUT2D eigenvalue weighted by molar-refractivity contribution is 0.893. The maximum atomic E-state index is 5.70. The summed E-state index contributed by atoms with van der Waals surface area (Å²) in [7, 11) is 0. The van der Waals surface area contributed by atoms with Crippen molar-refractivity contribution < 1.29 is 0 Å². The Morgan fingerprint density at radius 1 is 1.47 bits per heavy atom. The van der Waals surface area contributed by atoms with E-state index in [9.17, 15) is 0 Å². The van der Waals surface area contributed by atoms with Gasteiger partial charge >= 0.3 is 0 Å². The lowest BCUT2D eigenvalue weighted by Crippen LogP contribution is -1.89. The molecular weight excluding hydrogens is 206 g/mol. The fourth-order valence-corrected chi connectivity index (χ4v) is 2.18. The van der Waals surface area contributed by atoms with Crippen molar-refractivity contribution in [1.29, 1.82) is 0 Å². The lowest BCUT2D eigenvalue weighted by Gasteiger charge is -1.96. The van der Waals surface area contributed by atoms with Gasteiger partial charge in [0, 0.05) is 17.3 Å². The maximum Gasteiger partial charge on any atom is 0.142 e. The van der Waals surface area contributed by atoms with Crippen LogP contribution in [-0.4, -0.2) is 9.97 Å². The van der Waals surface area contributed by atoms with Gasteiger partial charge in [-0.05, 0) is 18.6 Å². The van der Waals surface area contributed by atoms with Crippen LogP contribution in [0.15, 0.2) is 23.7 Å².